The highest BCUT2D eigenvalue weighted by Gasteiger charge is 2.03. The summed E-state index contributed by atoms with van der Waals surface area (Å²) < 4.78 is 25.9. The van der Waals surface area contributed by atoms with Gasteiger partial charge in [-0.1, -0.05) is 0 Å². The first-order chi connectivity index (χ1) is 7.65. The van der Waals surface area contributed by atoms with Gasteiger partial charge in [-0.05, 0) is 18.2 Å². The van der Waals surface area contributed by atoms with Crippen LogP contribution in [0.2, 0.25) is 0 Å². The van der Waals surface area contributed by atoms with Crippen molar-refractivity contribution in [2.75, 3.05) is 11.1 Å². The lowest BCUT2D eigenvalue weighted by Crippen LogP contribution is -1.96. The van der Waals surface area contributed by atoms with Crippen molar-refractivity contribution in [1.82, 2.24) is 4.98 Å². The van der Waals surface area contributed by atoms with Crippen molar-refractivity contribution < 1.29 is 8.78 Å². The van der Waals surface area contributed by atoms with Crippen LogP contribution in [-0.2, 0) is 0 Å². The molecule has 1 aromatic carbocycles. The minimum absolute atomic E-state index is 0.187. The van der Waals surface area contributed by atoms with E-state index < -0.39 is 11.6 Å². The normalized spacial score (nSPS) is 10.1. The number of aromatic nitrogens is 1. The van der Waals surface area contributed by atoms with Gasteiger partial charge in [-0.15, -0.1) is 0 Å². The molecule has 2 rings (SSSR count). The first kappa shape index (κ1) is 10.4. The van der Waals surface area contributed by atoms with Crippen LogP contribution in [0, 0.1) is 11.6 Å². The lowest BCUT2D eigenvalue weighted by atomic mass is 10.2. The number of nitrogens with two attached hydrogens (primary N) is 1. The van der Waals surface area contributed by atoms with Crippen molar-refractivity contribution in [3.8, 4) is 0 Å². The molecule has 0 bridgehead atoms. The van der Waals surface area contributed by atoms with E-state index in [0.29, 0.717) is 11.5 Å². The number of pyridine rings is 1. The summed E-state index contributed by atoms with van der Waals surface area (Å²) in [5.41, 5.74) is 6.25. The first-order valence-electron chi connectivity index (χ1n) is 4.59. The largest absolute Gasteiger partial charge is 0.384 e. The molecule has 3 N–H and O–H groups in total. The molecule has 3 nitrogen and oxygen atoms in total. The van der Waals surface area contributed by atoms with Gasteiger partial charge in [0.2, 0.25) is 0 Å². The predicted octanol–water partition coefficient (Wildman–Crippen LogP) is 2.69. The van der Waals surface area contributed by atoms with E-state index in [4.69, 9.17) is 5.73 Å². The molecule has 82 valence electrons. The zero-order valence-electron chi connectivity index (χ0n) is 8.24. The second-order valence-corrected chi connectivity index (χ2v) is 3.22. The predicted molar refractivity (Wildman–Crippen MR) is 58.3 cm³/mol. The van der Waals surface area contributed by atoms with Gasteiger partial charge in [-0.2, -0.15) is 0 Å². The first-order valence-corrected chi connectivity index (χ1v) is 4.59. The fourth-order valence-corrected chi connectivity index (χ4v) is 1.27. The van der Waals surface area contributed by atoms with E-state index in [1.165, 1.54) is 18.3 Å². The maximum Gasteiger partial charge on any atom is 0.149 e. The molecular weight excluding hydrogens is 212 g/mol. The van der Waals surface area contributed by atoms with Crippen LogP contribution < -0.4 is 11.1 Å². The molecule has 0 fully saturated rings. The number of nitrogens with one attached hydrogen (secondary N) is 1. The molecule has 0 amide bonds. The lowest BCUT2D eigenvalue weighted by molar-refractivity contribution is 0.586. The fourth-order valence-electron chi connectivity index (χ4n) is 1.27. The summed E-state index contributed by atoms with van der Waals surface area (Å²) in [5, 5.41) is 2.78. The molecule has 1 heterocycles. The molecule has 0 atom stereocenters. The van der Waals surface area contributed by atoms with E-state index in [-0.39, 0.29) is 5.69 Å². The van der Waals surface area contributed by atoms with Gasteiger partial charge < -0.3 is 11.1 Å². The molecule has 16 heavy (non-hydrogen) atoms. The van der Waals surface area contributed by atoms with Gasteiger partial charge in [-0.3, -0.25) is 0 Å². The van der Waals surface area contributed by atoms with Crippen LogP contribution in [0.1, 0.15) is 0 Å². The Labute approximate surface area is 90.9 Å². The van der Waals surface area contributed by atoms with E-state index in [1.807, 2.05) is 0 Å². The van der Waals surface area contributed by atoms with Crippen LogP contribution >= 0.6 is 0 Å². The van der Waals surface area contributed by atoms with Gasteiger partial charge in [0, 0.05) is 24.0 Å². The Morgan fingerprint density at radius 2 is 1.94 bits per heavy atom. The molecule has 0 saturated heterocycles. The summed E-state index contributed by atoms with van der Waals surface area (Å²) in [6.45, 7) is 0. The number of nitrogen functional groups attached to an aromatic ring is 1. The number of hydrogen-bond donors (Lipinski definition) is 2. The molecular formula is C11H9F2N3. The third-order valence-electron chi connectivity index (χ3n) is 1.99. The van der Waals surface area contributed by atoms with Gasteiger partial charge >= 0.3 is 0 Å². The zero-order chi connectivity index (χ0) is 11.5. The summed E-state index contributed by atoms with van der Waals surface area (Å²) >= 11 is 0. The molecule has 0 aliphatic carbocycles. The van der Waals surface area contributed by atoms with E-state index in [1.54, 1.807) is 12.1 Å². The number of hydrogen-bond acceptors (Lipinski definition) is 3. The van der Waals surface area contributed by atoms with E-state index in [9.17, 15) is 8.78 Å². The Balaban J connectivity index is 2.27. The quantitative estimate of drug-likeness (QED) is 0.819. The van der Waals surface area contributed by atoms with Crippen molar-refractivity contribution in [2.24, 2.45) is 0 Å². The number of anilines is 3. The summed E-state index contributed by atoms with van der Waals surface area (Å²) in [6, 6.07) is 6.51. The Morgan fingerprint density at radius 3 is 2.62 bits per heavy atom. The van der Waals surface area contributed by atoms with Gasteiger partial charge in [0.25, 0.3) is 0 Å². The van der Waals surface area contributed by atoms with E-state index >= 15 is 0 Å². The molecule has 5 heteroatoms. The minimum atomic E-state index is -0.657. The zero-order valence-corrected chi connectivity index (χ0v) is 8.24. The standard InChI is InChI=1S/C11H9F2N3/c12-7-1-2-10(9(13)5-7)16-8-3-4-15-11(14)6-8/h1-6H,(H3,14,15,16). The molecule has 0 unspecified atom stereocenters. The Kier molecular flexibility index (Phi) is 2.68. The fraction of sp³-hybridized carbons (Fsp3) is 0. The van der Waals surface area contributed by atoms with Crippen molar-refractivity contribution in [1.29, 1.82) is 0 Å². The van der Waals surface area contributed by atoms with Crippen molar-refractivity contribution >= 4 is 17.2 Å². The van der Waals surface area contributed by atoms with Crippen LogP contribution in [0.5, 0.6) is 0 Å². The van der Waals surface area contributed by atoms with Gasteiger partial charge in [0.1, 0.15) is 17.5 Å². The van der Waals surface area contributed by atoms with Crippen molar-refractivity contribution in [3.63, 3.8) is 0 Å². The molecule has 0 aliphatic heterocycles. The van der Waals surface area contributed by atoms with Crippen LogP contribution in [0.4, 0.5) is 26.0 Å². The SMILES string of the molecule is Nc1cc(Nc2ccc(F)cc2F)ccn1. The maximum absolute atomic E-state index is 13.3. The number of halogens is 2. The highest BCUT2D eigenvalue weighted by molar-refractivity contribution is 5.62. The summed E-state index contributed by atoms with van der Waals surface area (Å²) in [4.78, 5) is 3.80. The lowest BCUT2D eigenvalue weighted by Gasteiger charge is -2.07. The highest BCUT2D eigenvalue weighted by Crippen LogP contribution is 2.20. The smallest absolute Gasteiger partial charge is 0.149 e. The molecule has 0 aliphatic rings. The van der Waals surface area contributed by atoms with Crippen molar-refractivity contribution in [3.05, 3.63) is 48.2 Å². The van der Waals surface area contributed by atoms with E-state index in [2.05, 4.69) is 10.3 Å². The maximum atomic E-state index is 13.3. The molecule has 0 spiro atoms. The second-order valence-electron chi connectivity index (χ2n) is 3.22. The van der Waals surface area contributed by atoms with Crippen molar-refractivity contribution in [2.45, 2.75) is 0 Å². The summed E-state index contributed by atoms with van der Waals surface area (Å²) in [6.07, 6.45) is 1.50. The topological polar surface area (TPSA) is 50.9 Å². The Bertz CT molecular complexity index is 514. The average molecular weight is 221 g/mol. The van der Waals surface area contributed by atoms with Gasteiger partial charge in [0.15, 0.2) is 0 Å². The summed E-state index contributed by atoms with van der Waals surface area (Å²) in [7, 11) is 0. The molecule has 1 aromatic heterocycles. The molecule has 0 saturated carbocycles. The van der Waals surface area contributed by atoms with Crippen LogP contribution in [0.15, 0.2) is 36.5 Å². The second kappa shape index (κ2) is 4.14. The van der Waals surface area contributed by atoms with Crippen LogP contribution in [-0.4, -0.2) is 4.98 Å². The number of rotatable bonds is 2. The number of nitrogens with zero attached hydrogens (tertiary/aromatic N) is 1. The molecule has 0 radical (unpaired) electrons. The minimum Gasteiger partial charge on any atom is -0.384 e. The Hall–Kier alpha value is -2.17. The highest BCUT2D eigenvalue weighted by atomic mass is 19.1. The average Bonchev–Trinajstić information content (AvgIpc) is 2.22. The van der Waals surface area contributed by atoms with Crippen LogP contribution in [0.25, 0.3) is 0 Å². The number of benzene rings is 1. The van der Waals surface area contributed by atoms with Crippen LogP contribution in [0.3, 0.4) is 0 Å². The third kappa shape index (κ3) is 2.25. The third-order valence-corrected chi connectivity index (χ3v) is 1.99. The van der Waals surface area contributed by atoms with Gasteiger partial charge in [-0.25, -0.2) is 13.8 Å². The Morgan fingerprint density at radius 1 is 1.12 bits per heavy atom. The summed E-state index contributed by atoms with van der Waals surface area (Å²) in [5.74, 6) is -0.944. The monoisotopic (exact) mass is 221 g/mol. The van der Waals surface area contributed by atoms with Gasteiger partial charge in [0.05, 0.1) is 5.69 Å². The van der Waals surface area contributed by atoms with E-state index in [0.717, 1.165) is 6.07 Å². The molecule has 2 aromatic rings.